The van der Waals surface area contributed by atoms with Crippen LogP contribution in [-0.4, -0.2) is 54.9 Å². The summed E-state index contributed by atoms with van der Waals surface area (Å²) in [5, 5.41) is 0. The van der Waals surface area contributed by atoms with E-state index in [1.54, 1.807) is 4.90 Å². The Hall–Kier alpha value is -0.710. The van der Waals surface area contributed by atoms with Crippen molar-refractivity contribution < 1.29 is 13.6 Å². The van der Waals surface area contributed by atoms with Gasteiger partial charge in [0.05, 0.1) is 0 Å². The molecule has 3 fully saturated rings. The minimum absolute atomic E-state index is 0.0499. The van der Waals surface area contributed by atoms with E-state index in [2.05, 4.69) is 11.9 Å². The second-order valence-electron chi connectivity index (χ2n) is 5.83. The zero-order valence-corrected chi connectivity index (χ0v) is 9.38. The van der Waals surface area contributed by atoms with Crippen molar-refractivity contribution >= 4 is 5.91 Å². The highest BCUT2D eigenvalue weighted by Crippen LogP contribution is 2.46. The first kappa shape index (κ1) is 10.4. The van der Waals surface area contributed by atoms with Crippen molar-refractivity contribution in [1.82, 2.24) is 9.80 Å². The Morgan fingerprint density at radius 3 is 2.19 bits per heavy atom. The Labute approximate surface area is 93.4 Å². The summed E-state index contributed by atoms with van der Waals surface area (Å²) in [5.41, 5.74) is 0.302. The molecular formula is C11H16F2N2O. The number of carbonyl (C=O) groups is 1. The molecule has 5 heteroatoms. The fourth-order valence-corrected chi connectivity index (χ4v) is 3.31. The highest BCUT2D eigenvalue weighted by Gasteiger charge is 2.56. The monoisotopic (exact) mass is 230 g/mol. The van der Waals surface area contributed by atoms with E-state index in [1.807, 2.05) is 0 Å². The van der Waals surface area contributed by atoms with Gasteiger partial charge in [0.1, 0.15) is 0 Å². The number of halogens is 2. The summed E-state index contributed by atoms with van der Waals surface area (Å²) < 4.78 is 25.3. The molecule has 3 rings (SSSR count). The molecule has 1 aliphatic carbocycles. The number of alkyl halides is 2. The van der Waals surface area contributed by atoms with E-state index >= 15 is 0 Å². The Morgan fingerprint density at radius 1 is 1.19 bits per heavy atom. The van der Waals surface area contributed by atoms with Gasteiger partial charge in [0, 0.05) is 50.4 Å². The molecule has 2 heterocycles. The Bertz CT molecular complexity index is 323. The van der Waals surface area contributed by atoms with Crippen molar-refractivity contribution in [2.24, 2.45) is 11.3 Å². The molecule has 2 saturated heterocycles. The van der Waals surface area contributed by atoms with E-state index in [4.69, 9.17) is 0 Å². The summed E-state index contributed by atoms with van der Waals surface area (Å²) in [7, 11) is 2.06. The van der Waals surface area contributed by atoms with Crippen molar-refractivity contribution in [2.45, 2.75) is 18.8 Å². The first-order valence-electron chi connectivity index (χ1n) is 5.74. The number of amides is 1. The first-order valence-corrected chi connectivity index (χ1v) is 5.74. The lowest BCUT2D eigenvalue weighted by Crippen LogP contribution is -2.72. The maximum Gasteiger partial charge on any atom is 0.249 e. The molecule has 0 aromatic rings. The van der Waals surface area contributed by atoms with Gasteiger partial charge in [-0.15, -0.1) is 0 Å². The van der Waals surface area contributed by atoms with Crippen LogP contribution in [0.4, 0.5) is 8.78 Å². The Balaban J connectivity index is 1.49. The largest absolute Gasteiger partial charge is 0.341 e. The van der Waals surface area contributed by atoms with E-state index in [0.29, 0.717) is 5.41 Å². The van der Waals surface area contributed by atoms with Gasteiger partial charge in [0.15, 0.2) is 0 Å². The molecule has 90 valence electrons. The number of carbonyl (C=O) groups excluding carboxylic acids is 1. The van der Waals surface area contributed by atoms with Crippen molar-refractivity contribution in [3.05, 3.63) is 0 Å². The van der Waals surface area contributed by atoms with Gasteiger partial charge >= 0.3 is 0 Å². The first-order chi connectivity index (χ1) is 7.39. The second kappa shape index (κ2) is 2.94. The van der Waals surface area contributed by atoms with Gasteiger partial charge in [0.25, 0.3) is 0 Å². The standard InChI is InChI=1S/C11H16F2N2O/c1-14-4-10(5-14)6-15(7-10)9(16)8-2-11(12,13)3-8/h8H,2-7H2,1H3. The van der Waals surface area contributed by atoms with Gasteiger partial charge in [-0.3, -0.25) is 4.79 Å². The molecule has 16 heavy (non-hydrogen) atoms. The van der Waals surface area contributed by atoms with Crippen LogP contribution in [-0.2, 0) is 4.79 Å². The van der Waals surface area contributed by atoms with E-state index < -0.39 is 11.8 Å². The summed E-state index contributed by atoms with van der Waals surface area (Å²) in [6.45, 7) is 3.63. The Morgan fingerprint density at radius 2 is 1.75 bits per heavy atom. The SMILES string of the molecule is CN1CC2(C1)CN(C(=O)C1CC(F)(F)C1)C2. The molecule has 0 aromatic carbocycles. The normalized spacial score (nSPS) is 31.8. The predicted octanol–water partition coefficient (Wildman–Crippen LogP) is 0.806. The predicted molar refractivity (Wildman–Crippen MR) is 54.2 cm³/mol. The maximum atomic E-state index is 12.6. The average molecular weight is 230 g/mol. The zero-order valence-electron chi connectivity index (χ0n) is 9.38. The highest BCUT2D eigenvalue weighted by molar-refractivity contribution is 5.81. The van der Waals surface area contributed by atoms with Crippen molar-refractivity contribution in [2.75, 3.05) is 33.2 Å². The molecule has 3 aliphatic rings. The van der Waals surface area contributed by atoms with E-state index in [9.17, 15) is 13.6 Å². The lowest BCUT2D eigenvalue weighted by molar-refractivity contribution is -0.179. The lowest BCUT2D eigenvalue weighted by Gasteiger charge is -2.60. The van der Waals surface area contributed by atoms with Gasteiger partial charge in [0.2, 0.25) is 11.8 Å². The van der Waals surface area contributed by atoms with Crippen molar-refractivity contribution in [1.29, 1.82) is 0 Å². The van der Waals surface area contributed by atoms with Crippen LogP contribution in [0.15, 0.2) is 0 Å². The average Bonchev–Trinajstić information content (AvgIpc) is 2.03. The number of hydrogen-bond donors (Lipinski definition) is 0. The van der Waals surface area contributed by atoms with E-state index in [0.717, 1.165) is 26.2 Å². The summed E-state index contributed by atoms with van der Waals surface area (Å²) in [6.07, 6.45) is -0.482. The summed E-state index contributed by atoms with van der Waals surface area (Å²) >= 11 is 0. The molecule has 0 bridgehead atoms. The van der Waals surface area contributed by atoms with Crippen LogP contribution in [0.5, 0.6) is 0 Å². The molecular weight excluding hydrogens is 214 g/mol. The highest BCUT2D eigenvalue weighted by atomic mass is 19.3. The Kier molecular flexibility index (Phi) is 1.92. The van der Waals surface area contributed by atoms with Crippen LogP contribution >= 0.6 is 0 Å². The molecule has 1 saturated carbocycles. The molecule has 0 unspecified atom stereocenters. The third kappa shape index (κ3) is 1.44. The maximum absolute atomic E-state index is 12.6. The van der Waals surface area contributed by atoms with Crippen molar-refractivity contribution in [3.8, 4) is 0 Å². The van der Waals surface area contributed by atoms with Gasteiger partial charge < -0.3 is 9.80 Å². The molecule has 1 spiro atoms. The molecule has 0 N–H and O–H groups in total. The summed E-state index contributed by atoms with van der Waals surface area (Å²) in [5.74, 6) is -3.05. The number of rotatable bonds is 1. The fourth-order valence-electron chi connectivity index (χ4n) is 3.31. The third-order valence-corrected chi connectivity index (χ3v) is 4.01. The zero-order chi connectivity index (χ0) is 11.6. The van der Waals surface area contributed by atoms with Crippen LogP contribution < -0.4 is 0 Å². The fraction of sp³-hybridized carbons (Fsp3) is 0.909. The second-order valence-corrected chi connectivity index (χ2v) is 5.83. The van der Waals surface area contributed by atoms with Crippen LogP contribution in [0.2, 0.25) is 0 Å². The van der Waals surface area contributed by atoms with E-state index in [-0.39, 0.29) is 18.7 Å². The van der Waals surface area contributed by atoms with E-state index in [1.165, 1.54) is 0 Å². The number of hydrogen-bond acceptors (Lipinski definition) is 2. The summed E-state index contributed by atoms with van der Waals surface area (Å²) in [4.78, 5) is 15.8. The van der Waals surface area contributed by atoms with Gasteiger partial charge in [-0.05, 0) is 7.05 Å². The minimum Gasteiger partial charge on any atom is -0.341 e. The smallest absolute Gasteiger partial charge is 0.249 e. The quantitative estimate of drug-likeness (QED) is 0.665. The topological polar surface area (TPSA) is 23.6 Å². The minimum atomic E-state index is -2.58. The van der Waals surface area contributed by atoms with Gasteiger partial charge in [-0.25, -0.2) is 8.78 Å². The molecule has 0 radical (unpaired) electrons. The third-order valence-electron chi connectivity index (χ3n) is 4.01. The van der Waals surface area contributed by atoms with Crippen molar-refractivity contribution in [3.63, 3.8) is 0 Å². The molecule has 3 nitrogen and oxygen atoms in total. The van der Waals surface area contributed by atoms with Gasteiger partial charge in [-0.2, -0.15) is 0 Å². The number of nitrogens with zero attached hydrogens (tertiary/aromatic N) is 2. The van der Waals surface area contributed by atoms with Crippen LogP contribution in [0.25, 0.3) is 0 Å². The summed E-state index contributed by atoms with van der Waals surface area (Å²) in [6, 6.07) is 0. The molecule has 2 aliphatic heterocycles. The van der Waals surface area contributed by atoms with Gasteiger partial charge in [-0.1, -0.05) is 0 Å². The number of likely N-dealkylation sites (tertiary alicyclic amines) is 2. The lowest BCUT2D eigenvalue weighted by atomic mass is 9.71. The molecule has 0 atom stereocenters. The molecule has 0 aromatic heterocycles. The van der Waals surface area contributed by atoms with Crippen LogP contribution in [0.1, 0.15) is 12.8 Å². The van der Waals surface area contributed by atoms with Crippen LogP contribution in [0, 0.1) is 11.3 Å². The molecule has 1 amide bonds. The van der Waals surface area contributed by atoms with Crippen LogP contribution in [0.3, 0.4) is 0 Å².